The van der Waals surface area contributed by atoms with Gasteiger partial charge in [-0.1, -0.05) is 30.3 Å². The van der Waals surface area contributed by atoms with E-state index in [1.807, 2.05) is 36.4 Å². The summed E-state index contributed by atoms with van der Waals surface area (Å²) in [6.45, 7) is 2.23. The van der Waals surface area contributed by atoms with Crippen LogP contribution >= 0.6 is 0 Å². The number of primary amides is 1. The molecular weight excluding hydrogens is 266 g/mol. The van der Waals surface area contributed by atoms with Crippen LogP contribution in [0.5, 0.6) is 5.75 Å². The number of hydrogen-bond acceptors (Lipinski definition) is 3. The molecule has 5 heteroatoms. The predicted molar refractivity (Wildman–Crippen MR) is 79.2 cm³/mol. The van der Waals surface area contributed by atoms with E-state index >= 15 is 0 Å². The first-order valence-electron chi connectivity index (χ1n) is 6.60. The zero-order chi connectivity index (χ0) is 14.8. The largest absolute Gasteiger partial charge is 0.489 e. The molecule has 106 valence electrons. The fraction of sp³-hybridized carbons (Fsp3) is 0.125. The van der Waals surface area contributed by atoms with Crippen molar-refractivity contribution >= 4 is 11.4 Å². The number of carbonyl (C=O) groups excluding carboxylic acids is 1. The Balaban J connectivity index is 1.90. The number of ether oxygens (including phenoxy) is 1. The molecule has 0 radical (unpaired) electrons. The lowest BCUT2D eigenvalue weighted by atomic mass is 10.2. The van der Waals surface area contributed by atoms with E-state index in [9.17, 15) is 4.79 Å². The second-order valence-electron chi connectivity index (χ2n) is 4.79. The summed E-state index contributed by atoms with van der Waals surface area (Å²) in [6, 6.07) is 13.5. The molecule has 1 aromatic carbocycles. The molecule has 3 rings (SSSR count). The van der Waals surface area contributed by atoms with E-state index in [2.05, 4.69) is 5.10 Å². The third-order valence-corrected chi connectivity index (χ3v) is 3.28. The van der Waals surface area contributed by atoms with Crippen molar-refractivity contribution < 1.29 is 9.53 Å². The highest BCUT2D eigenvalue weighted by Crippen LogP contribution is 2.21. The molecule has 0 atom stereocenters. The van der Waals surface area contributed by atoms with Crippen LogP contribution < -0.4 is 10.5 Å². The van der Waals surface area contributed by atoms with Crippen LogP contribution in [-0.2, 0) is 6.61 Å². The normalized spacial score (nSPS) is 10.7. The number of rotatable bonds is 4. The van der Waals surface area contributed by atoms with Crippen molar-refractivity contribution in [1.29, 1.82) is 0 Å². The summed E-state index contributed by atoms with van der Waals surface area (Å²) in [5.41, 5.74) is 8.19. The summed E-state index contributed by atoms with van der Waals surface area (Å²) >= 11 is 0. The Hall–Kier alpha value is -2.82. The Labute approximate surface area is 122 Å². The van der Waals surface area contributed by atoms with Gasteiger partial charge in [0.1, 0.15) is 12.4 Å². The van der Waals surface area contributed by atoms with E-state index < -0.39 is 5.91 Å². The van der Waals surface area contributed by atoms with Gasteiger partial charge in [-0.15, -0.1) is 0 Å². The predicted octanol–water partition coefficient (Wildman–Crippen LogP) is 2.32. The number of nitrogens with two attached hydrogens (primary N) is 1. The van der Waals surface area contributed by atoms with Crippen LogP contribution in [-0.4, -0.2) is 15.5 Å². The number of aromatic nitrogens is 2. The van der Waals surface area contributed by atoms with E-state index in [1.54, 1.807) is 23.7 Å². The van der Waals surface area contributed by atoms with E-state index in [0.717, 1.165) is 5.56 Å². The first kappa shape index (κ1) is 13.2. The van der Waals surface area contributed by atoms with Crippen LogP contribution in [0.3, 0.4) is 0 Å². The molecular formula is C16H15N3O2. The van der Waals surface area contributed by atoms with Crippen LogP contribution in [0.4, 0.5) is 0 Å². The first-order chi connectivity index (χ1) is 10.1. The number of fused-ring (bicyclic) bond motifs is 1. The molecule has 0 aliphatic carbocycles. The molecule has 0 spiro atoms. The Morgan fingerprint density at radius 1 is 1.29 bits per heavy atom. The summed E-state index contributed by atoms with van der Waals surface area (Å²) in [4.78, 5) is 11.5. The van der Waals surface area contributed by atoms with Crippen LogP contribution in [0, 0.1) is 6.92 Å². The lowest BCUT2D eigenvalue weighted by molar-refractivity contribution is 0.100. The van der Waals surface area contributed by atoms with Gasteiger partial charge in [-0.3, -0.25) is 4.79 Å². The third kappa shape index (κ3) is 2.58. The minimum atomic E-state index is -0.484. The monoisotopic (exact) mass is 281 g/mol. The van der Waals surface area contributed by atoms with Crippen molar-refractivity contribution in [3.8, 4) is 5.75 Å². The average molecular weight is 281 g/mol. The van der Waals surface area contributed by atoms with Crippen LogP contribution in [0.15, 0.2) is 48.7 Å². The molecule has 21 heavy (non-hydrogen) atoms. The molecule has 2 heterocycles. The standard InChI is InChI=1S/C16H15N3O2/c1-11-15(16(17)20)14-9-13(7-8-19(14)18-11)21-10-12-5-3-2-4-6-12/h2-9H,10H2,1H3,(H2,17,20). The number of carbonyl (C=O) groups is 1. The van der Waals surface area contributed by atoms with Crippen LogP contribution in [0.2, 0.25) is 0 Å². The minimum Gasteiger partial charge on any atom is -0.489 e. The van der Waals surface area contributed by atoms with Crippen LogP contribution in [0.1, 0.15) is 21.6 Å². The summed E-state index contributed by atoms with van der Waals surface area (Å²) in [6.07, 6.45) is 1.76. The van der Waals surface area contributed by atoms with Gasteiger partial charge in [0.2, 0.25) is 0 Å². The Bertz CT molecular complexity index is 794. The Kier molecular flexibility index (Phi) is 3.31. The summed E-state index contributed by atoms with van der Waals surface area (Å²) in [7, 11) is 0. The average Bonchev–Trinajstić information content (AvgIpc) is 2.81. The van der Waals surface area contributed by atoms with Crippen molar-refractivity contribution in [3.05, 3.63) is 65.5 Å². The fourth-order valence-corrected chi connectivity index (χ4v) is 2.28. The highest BCUT2D eigenvalue weighted by atomic mass is 16.5. The van der Waals surface area contributed by atoms with Gasteiger partial charge in [0.15, 0.2) is 0 Å². The van der Waals surface area contributed by atoms with Gasteiger partial charge in [0.25, 0.3) is 5.91 Å². The maximum absolute atomic E-state index is 11.5. The van der Waals surface area contributed by atoms with Crippen LogP contribution in [0.25, 0.3) is 5.52 Å². The van der Waals surface area contributed by atoms with Gasteiger partial charge in [0, 0.05) is 12.3 Å². The second-order valence-corrected chi connectivity index (χ2v) is 4.79. The van der Waals surface area contributed by atoms with Gasteiger partial charge in [-0.25, -0.2) is 4.52 Å². The van der Waals surface area contributed by atoms with Crippen molar-refractivity contribution in [2.75, 3.05) is 0 Å². The molecule has 2 aromatic heterocycles. The molecule has 2 N–H and O–H groups in total. The number of nitrogens with zero attached hydrogens (tertiary/aromatic N) is 2. The van der Waals surface area contributed by atoms with E-state index in [0.29, 0.717) is 29.1 Å². The van der Waals surface area contributed by atoms with Crippen molar-refractivity contribution in [2.45, 2.75) is 13.5 Å². The quantitative estimate of drug-likeness (QED) is 0.798. The molecule has 5 nitrogen and oxygen atoms in total. The molecule has 3 aromatic rings. The van der Waals surface area contributed by atoms with Crippen molar-refractivity contribution in [3.63, 3.8) is 0 Å². The number of amides is 1. The highest BCUT2D eigenvalue weighted by Gasteiger charge is 2.14. The molecule has 0 fully saturated rings. The molecule has 1 amide bonds. The lowest BCUT2D eigenvalue weighted by Crippen LogP contribution is -2.11. The SMILES string of the molecule is Cc1nn2ccc(OCc3ccccc3)cc2c1C(N)=O. The molecule has 0 aliphatic rings. The number of benzene rings is 1. The topological polar surface area (TPSA) is 69.6 Å². The van der Waals surface area contributed by atoms with E-state index in [4.69, 9.17) is 10.5 Å². The zero-order valence-corrected chi connectivity index (χ0v) is 11.6. The summed E-state index contributed by atoms with van der Waals surface area (Å²) in [5.74, 6) is 0.191. The van der Waals surface area contributed by atoms with Gasteiger partial charge >= 0.3 is 0 Å². The Morgan fingerprint density at radius 3 is 2.76 bits per heavy atom. The highest BCUT2D eigenvalue weighted by molar-refractivity contribution is 6.01. The zero-order valence-electron chi connectivity index (χ0n) is 11.6. The molecule has 0 aliphatic heterocycles. The summed E-state index contributed by atoms with van der Waals surface area (Å²) < 4.78 is 7.38. The van der Waals surface area contributed by atoms with Gasteiger partial charge in [-0.2, -0.15) is 5.10 Å². The molecule has 0 bridgehead atoms. The second kappa shape index (κ2) is 5.28. The molecule has 0 saturated carbocycles. The van der Waals surface area contributed by atoms with Crippen molar-refractivity contribution in [2.24, 2.45) is 5.73 Å². The maximum Gasteiger partial charge on any atom is 0.252 e. The molecule has 0 unspecified atom stereocenters. The lowest BCUT2D eigenvalue weighted by Gasteiger charge is -2.06. The number of hydrogen-bond donors (Lipinski definition) is 1. The van der Waals surface area contributed by atoms with Gasteiger partial charge in [-0.05, 0) is 18.6 Å². The first-order valence-corrected chi connectivity index (χ1v) is 6.60. The number of pyridine rings is 1. The van der Waals surface area contributed by atoms with Gasteiger partial charge < -0.3 is 10.5 Å². The van der Waals surface area contributed by atoms with Crippen molar-refractivity contribution in [1.82, 2.24) is 9.61 Å². The van der Waals surface area contributed by atoms with E-state index in [-0.39, 0.29) is 0 Å². The van der Waals surface area contributed by atoms with E-state index in [1.165, 1.54) is 0 Å². The molecule has 0 saturated heterocycles. The smallest absolute Gasteiger partial charge is 0.252 e. The Morgan fingerprint density at radius 2 is 2.05 bits per heavy atom. The third-order valence-electron chi connectivity index (χ3n) is 3.28. The maximum atomic E-state index is 11.5. The van der Waals surface area contributed by atoms with Gasteiger partial charge in [0.05, 0.1) is 16.8 Å². The fourth-order valence-electron chi connectivity index (χ4n) is 2.28. The number of aryl methyl sites for hydroxylation is 1. The minimum absolute atomic E-state index is 0.431. The summed E-state index contributed by atoms with van der Waals surface area (Å²) in [5, 5.41) is 4.25.